The molecular weight excluding hydrogens is 100 g/mol. The van der Waals surface area contributed by atoms with Crippen molar-refractivity contribution in [3.63, 3.8) is 0 Å². The zero-order valence-electron chi connectivity index (χ0n) is 3.64. The number of aryl methyl sites for hydroxylation is 1. The Morgan fingerprint density at radius 3 is 2.12 bits per heavy atom. The van der Waals surface area contributed by atoms with Crippen LogP contribution < -0.4 is 0 Å². The van der Waals surface area contributed by atoms with Crippen LogP contribution in [0.4, 0.5) is 0 Å². The molecule has 0 amide bonds. The van der Waals surface area contributed by atoms with Crippen LogP contribution >= 0.6 is 0 Å². The summed E-state index contributed by atoms with van der Waals surface area (Å²) in [6, 6.07) is 3.79. The van der Waals surface area contributed by atoms with Crippen LogP contribution in [0.25, 0.3) is 0 Å². The molecule has 8 heavy (non-hydrogen) atoms. The summed E-state index contributed by atoms with van der Waals surface area (Å²) in [6.45, 7) is 1.92. The number of rotatable bonds is 0. The summed E-state index contributed by atoms with van der Waals surface area (Å²) in [5.74, 6) is 0.968. The van der Waals surface area contributed by atoms with E-state index in [4.69, 9.17) is 4.42 Å². The fourth-order valence-electron chi connectivity index (χ4n) is 0.361. The van der Waals surface area contributed by atoms with Gasteiger partial charge < -0.3 is 4.42 Å². The summed E-state index contributed by atoms with van der Waals surface area (Å²) >= 11 is 0. The molecule has 0 unspecified atom stereocenters. The second-order valence-electron chi connectivity index (χ2n) is 1.22. The highest BCUT2D eigenvalue weighted by Gasteiger charge is 1.75. The van der Waals surface area contributed by atoms with Gasteiger partial charge >= 0.3 is 0 Å². The first-order chi connectivity index (χ1) is 2.89. The molecule has 0 saturated carbocycles. The molecule has 1 heterocycles. The van der Waals surface area contributed by atoms with Crippen molar-refractivity contribution in [3.05, 3.63) is 24.2 Å². The van der Waals surface area contributed by atoms with Gasteiger partial charge in [0.25, 0.3) is 0 Å². The Kier molecular flexibility index (Phi) is 5.71. The van der Waals surface area contributed by atoms with Crippen molar-refractivity contribution in [1.82, 2.24) is 0 Å². The third kappa shape index (κ3) is 2.45. The molecule has 0 bridgehead atoms. The Morgan fingerprint density at radius 2 is 2.00 bits per heavy atom. The molecule has 0 aromatic carbocycles. The molecule has 0 aliphatic heterocycles. The molecule has 0 spiro atoms. The van der Waals surface area contributed by atoms with E-state index in [-0.39, 0.29) is 14.9 Å². The van der Waals surface area contributed by atoms with Crippen molar-refractivity contribution in [1.29, 1.82) is 0 Å². The maximum atomic E-state index is 4.83. The van der Waals surface area contributed by atoms with Gasteiger partial charge in [-0.05, 0) is 19.1 Å². The minimum absolute atomic E-state index is 0. The molecule has 48 valence electrons. The van der Waals surface area contributed by atoms with Gasteiger partial charge in [-0.3, -0.25) is 0 Å². The maximum Gasteiger partial charge on any atom is 0.100 e. The first-order valence-corrected chi connectivity index (χ1v) is 1.90. The Labute approximate surface area is 51.3 Å². The highest BCUT2D eigenvalue weighted by Crippen LogP contribution is 1.93. The van der Waals surface area contributed by atoms with Crippen LogP contribution in [0.15, 0.2) is 22.8 Å². The van der Waals surface area contributed by atoms with E-state index in [0.717, 1.165) is 5.76 Å². The Hall–Kier alpha value is -0.720. The van der Waals surface area contributed by atoms with Gasteiger partial charge in [-0.15, -0.1) is 0 Å². The fraction of sp³-hybridized carbons (Fsp3) is 0.429. The van der Waals surface area contributed by atoms with Crippen molar-refractivity contribution >= 4 is 0 Å². The lowest BCUT2D eigenvalue weighted by Crippen LogP contribution is -1.48. The van der Waals surface area contributed by atoms with Crippen molar-refractivity contribution < 1.29 is 4.42 Å². The van der Waals surface area contributed by atoms with Crippen LogP contribution in [0.2, 0.25) is 0 Å². The Morgan fingerprint density at radius 1 is 1.38 bits per heavy atom. The van der Waals surface area contributed by atoms with E-state index in [1.54, 1.807) is 6.26 Å². The second kappa shape index (κ2) is 4.44. The largest absolute Gasteiger partial charge is 0.470 e. The Bertz CT molecular complexity index is 108. The van der Waals surface area contributed by atoms with Gasteiger partial charge in [0, 0.05) is 0 Å². The topological polar surface area (TPSA) is 13.1 Å². The summed E-state index contributed by atoms with van der Waals surface area (Å²) in [5.41, 5.74) is 0. The summed E-state index contributed by atoms with van der Waals surface area (Å²) in [5, 5.41) is 0. The average Bonchev–Trinajstić information content (AvgIpc) is 1.86. The quantitative estimate of drug-likeness (QED) is 0.505. The van der Waals surface area contributed by atoms with Crippen LogP contribution in [0.3, 0.4) is 0 Å². The smallest absolute Gasteiger partial charge is 0.100 e. The molecule has 1 aromatic heterocycles. The minimum atomic E-state index is 0. The SMILES string of the molecule is C.C.Cc1ccco1. The average molecular weight is 114 g/mol. The lowest BCUT2D eigenvalue weighted by molar-refractivity contribution is 0.534. The van der Waals surface area contributed by atoms with E-state index < -0.39 is 0 Å². The third-order valence-corrected chi connectivity index (χ3v) is 0.663. The first kappa shape index (κ1) is 10.3. The van der Waals surface area contributed by atoms with Crippen LogP contribution in [-0.4, -0.2) is 0 Å². The lowest BCUT2D eigenvalue weighted by atomic mass is 10.5. The van der Waals surface area contributed by atoms with Gasteiger partial charge in [0.15, 0.2) is 0 Å². The highest BCUT2D eigenvalue weighted by molar-refractivity contribution is 4.93. The molecule has 0 N–H and O–H groups in total. The van der Waals surface area contributed by atoms with E-state index >= 15 is 0 Å². The van der Waals surface area contributed by atoms with Gasteiger partial charge in [0.05, 0.1) is 6.26 Å². The molecule has 0 fully saturated rings. The van der Waals surface area contributed by atoms with Crippen molar-refractivity contribution in [2.75, 3.05) is 0 Å². The summed E-state index contributed by atoms with van der Waals surface area (Å²) in [4.78, 5) is 0. The van der Waals surface area contributed by atoms with Crippen LogP contribution in [-0.2, 0) is 0 Å². The summed E-state index contributed by atoms with van der Waals surface area (Å²) < 4.78 is 4.83. The number of hydrogen-bond donors (Lipinski definition) is 0. The number of hydrogen-bond acceptors (Lipinski definition) is 1. The van der Waals surface area contributed by atoms with E-state index in [1.807, 2.05) is 19.1 Å². The van der Waals surface area contributed by atoms with E-state index in [9.17, 15) is 0 Å². The fourth-order valence-corrected chi connectivity index (χ4v) is 0.361. The van der Waals surface area contributed by atoms with Crippen LogP contribution in [0, 0.1) is 6.92 Å². The van der Waals surface area contributed by atoms with Gasteiger partial charge in [-0.2, -0.15) is 0 Å². The third-order valence-electron chi connectivity index (χ3n) is 0.663. The molecule has 1 nitrogen and oxygen atoms in total. The van der Waals surface area contributed by atoms with Crippen LogP contribution in [0.5, 0.6) is 0 Å². The molecule has 0 radical (unpaired) electrons. The molecule has 0 aliphatic carbocycles. The molecule has 1 aromatic rings. The predicted molar refractivity (Wildman–Crippen MR) is 36.9 cm³/mol. The van der Waals surface area contributed by atoms with Crippen molar-refractivity contribution in [2.45, 2.75) is 21.8 Å². The van der Waals surface area contributed by atoms with E-state index in [0.29, 0.717) is 0 Å². The zero-order chi connectivity index (χ0) is 4.41. The molecule has 0 aliphatic rings. The second-order valence-corrected chi connectivity index (χ2v) is 1.22. The molecule has 1 heteroatoms. The molecule has 0 saturated heterocycles. The monoisotopic (exact) mass is 114 g/mol. The van der Waals surface area contributed by atoms with Gasteiger partial charge in [0.2, 0.25) is 0 Å². The standard InChI is InChI=1S/C5H6O.2CH4/c1-5-3-2-4-6-5;;/h2-4H,1H3;2*1H4. The Balaban J connectivity index is 0. The van der Waals surface area contributed by atoms with Crippen molar-refractivity contribution in [3.8, 4) is 0 Å². The predicted octanol–water partition coefficient (Wildman–Crippen LogP) is 2.86. The number of furan rings is 1. The summed E-state index contributed by atoms with van der Waals surface area (Å²) in [6.07, 6.45) is 1.66. The van der Waals surface area contributed by atoms with Gasteiger partial charge in [-0.25, -0.2) is 0 Å². The van der Waals surface area contributed by atoms with Gasteiger partial charge in [0.1, 0.15) is 5.76 Å². The first-order valence-electron chi connectivity index (χ1n) is 1.90. The highest BCUT2D eigenvalue weighted by atomic mass is 16.3. The lowest BCUT2D eigenvalue weighted by Gasteiger charge is -1.69. The maximum absolute atomic E-state index is 4.83. The molecular formula is C7H14O. The van der Waals surface area contributed by atoms with E-state index in [2.05, 4.69) is 0 Å². The summed E-state index contributed by atoms with van der Waals surface area (Å²) in [7, 11) is 0. The molecule has 1 rings (SSSR count). The van der Waals surface area contributed by atoms with E-state index in [1.165, 1.54) is 0 Å². The van der Waals surface area contributed by atoms with Crippen molar-refractivity contribution in [2.24, 2.45) is 0 Å². The van der Waals surface area contributed by atoms with Crippen LogP contribution in [0.1, 0.15) is 20.6 Å². The normalized spacial score (nSPS) is 6.62. The molecule has 0 atom stereocenters. The van der Waals surface area contributed by atoms with Gasteiger partial charge in [-0.1, -0.05) is 14.9 Å². The zero-order valence-corrected chi connectivity index (χ0v) is 3.64. The minimum Gasteiger partial charge on any atom is -0.470 e.